The van der Waals surface area contributed by atoms with Crippen molar-refractivity contribution >= 4 is 0 Å². The van der Waals surface area contributed by atoms with Crippen molar-refractivity contribution in [2.24, 2.45) is 5.92 Å². The molecule has 0 saturated carbocycles. The smallest absolute Gasteiger partial charge is 0.200 e. The Hall–Kier alpha value is -2.44. The Labute approximate surface area is 186 Å². The van der Waals surface area contributed by atoms with E-state index in [0.717, 1.165) is 50.5 Å². The highest BCUT2D eigenvalue weighted by Gasteiger charge is 2.21. The Balaban J connectivity index is 1.72. The van der Waals surface area contributed by atoms with Crippen LogP contribution in [0.5, 0.6) is 23.0 Å². The third-order valence-corrected chi connectivity index (χ3v) is 6.18. The zero-order valence-electron chi connectivity index (χ0n) is 19.3. The Morgan fingerprint density at radius 2 is 1.55 bits per heavy atom. The van der Waals surface area contributed by atoms with E-state index in [2.05, 4.69) is 29.0 Å². The molecule has 1 saturated heterocycles. The number of hydrogen-bond acceptors (Lipinski definition) is 6. The number of aromatic hydroxyl groups is 1. The molecule has 0 aromatic heterocycles. The number of hydrogen-bond donors (Lipinski definition) is 1. The Kier molecular flexibility index (Phi) is 8.43. The molecule has 1 aliphatic rings. The fourth-order valence-corrected chi connectivity index (χ4v) is 4.22. The molecule has 3 rings (SSSR count). The summed E-state index contributed by atoms with van der Waals surface area (Å²) in [5.74, 6) is 2.53. The van der Waals surface area contributed by atoms with Gasteiger partial charge in [0, 0.05) is 19.6 Å². The second-order valence-corrected chi connectivity index (χ2v) is 8.43. The summed E-state index contributed by atoms with van der Waals surface area (Å²) in [7, 11) is 7.03. The minimum Gasteiger partial charge on any atom is -0.502 e. The van der Waals surface area contributed by atoms with E-state index >= 15 is 0 Å². The number of phenols is 1. The lowest BCUT2D eigenvalue weighted by atomic mass is 9.96. The molecule has 0 aliphatic carbocycles. The molecule has 1 N–H and O–H groups in total. The Bertz CT molecular complexity index is 792. The molecule has 1 heterocycles. The standard InChI is InChI=1S/C25H36N2O4/c1-26-12-9-20(10-13-26)17-27(14-11-19-5-7-22(29-2)8-6-19)18-21-15-23(30-3)25(28)24(16-21)31-4/h5-8,15-16,20,28H,9-14,17-18H2,1-4H3. The lowest BCUT2D eigenvalue weighted by Crippen LogP contribution is -2.37. The first-order valence-corrected chi connectivity index (χ1v) is 11.0. The van der Waals surface area contributed by atoms with Crippen molar-refractivity contribution in [1.29, 1.82) is 0 Å². The van der Waals surface area contributed by atoms with Crippen molar-refractivity contribution < 1.29 is 19.3 Å². The van der Waals surface area contributed by atoms with E-state index < -0.39 is 0 Å². The molecule has 6 heteroatoms. The maximum Gasteiger partial charge on any atom is 0.200 e. The van der Waals surface area contributed by atoms with E-state index in [-0.39, 0.29) is 5.75 Å². The molecule has 0 atom stereocenters. The number of likely N-dealkylation sites (tertiary alicyclic amines) is 1. The summed E-state index contributed by atoms with van der Waals surface area (Å²) < 4.78 is 16.0. The zero-order valence-corrected chi connectivity index (χ0v) is 19.3. The van der Waals surface area contributed by atoms with Crippen LogP contribution in [0.15, 0.2) is 36.4 Å². The average Bonchev–Trinajstić information content (AvgIpc) is 2.80. The van der Waals surface area contributed by atoms with Gasteiger partial charge < -0.3 is 24.2 Å². The van der Waals surface area contributed by atoms with Crippen LogP contribution in [-0.4, -0.2) is 69.5 Å². The molecule has 170 valence electrons. The zero-order chi connectivity index (χ0) is 22.2. The van der Waals surface area contributed by atoms with Gasteiger partial charge in [-0.1, -0.05) is 12.1 Å². The first-order chi connectivity index (χ1) is 15.0. The lowest BCUT2D eigenvalue weighted by molar-refractivity contribution is 0.156. The predicted octanol–water partition coefficient (Wildman–Crippen LogP) is 3.80. The van der Waals surface area contributed by atoms with Crippen molar-refractivity contribution in [1.82, 2.24) is 9.80 Å². The molecule has 0 amide bonds. The normalized spacial score (nSPS) is 15.3. The molecular weight excluding hydrogens is 392 g/mol. The van der Waals surface area contributed by atoms with Gasteiger partial charge in [0.05, 0.1) is 21.3 Å². The molecule has 2 aromatic carbocycles. The van der Waals surface area contributed by atoms with Crippen molar-refractivity contribution in [2.45, 2.75) is 25.8 Å². The molecule has 6 nitrogen and oxygen atoms in total. The highest BCUT2D eigenvalue weighted by Crippen LogP contribution is 2.37. The molecule has 0 radical (unpaired) electrons. The maximum absolute atomic E-state index is 10.2. The summed E-state index contributed by atoms with van der Waals surface area (Å²) in [6, 6.07) is 12.1. The minimum absolute atomic E-state index is 0.0499. The van der Waals surface area contributed by atoms with Crippen LogP contribution in [0, 0.1) is 5.92 Å². The van der Waals surface area contributed by atoms with Gasteiger partial charge in [-0.3, -0.25) is 4.90 Å². The van der Waals surface area contributed by atoms with Gasteiger partial charge >= 0.3 is 0 Å². The molecule has 0 spiro atoms. The number of methoxy groups -OCH3 is 3. The highest BCUT2D eigenvalue weighted by atomic mass is 16.5. The second-order valence-electron chi connectivity index (χ2n) is 8.43. The summed E-state index contributed by atoms with van der Waals surface area (Å²) in [4.78, 5) is 4.93. The quantitative estimate of drug-likeness (QED) is 0.621. The van der Waals surface area contributed by atoms with Gasteiger partial charge in [-0.05, 0) is 80.7 Å². The van der Waals surface area contributed by atoms with E-state index in [1.165, 1.54) is 18.4 Å². The first-order valence-electron chi connectivity index (χ1n) is 11.0. The largest absolute Gasteiger partial charge is 0.502 e. The number of phenolic OH excluding ortho intramolecular Hbond substituents is 1. The summed E-state index contributed by atoms with van der Waals surface area (Å²) >= 11 is 0. The fraction of sp³-hybridized carbons (Fsp3) is 0.520. The van der Waals surface area contributed by atoms with Crippen LogP contribution >= 0.6 is 0 Å². The van der Waals surface area contributed by atoms with Gasteiger partial charge in [0.25, 0.3) is 0 Å². The van der Waals surface area contributed by atoms with Crippen LogP contribution in [-0.2, 0) is 13.0 Å². The van der Waals surface area contributed by atoms with E-state index in [1.54, 1.807) is 21.3 Å². The molecule has 0 bridgehead atoms. The Morgan fingerprint density at radius 3 is 2.10 bits per heavy atom. The molecule has 1 aliphatic heterocycles. The third kappa shape index (κ3) is 6.52. The molecule has 0 unspecified atom stereocenters. The summed E-state index contributed by atoms with van der Waals surface area (Å²) in [6.45, 7) is 5.14. The number of benzene rings is 2. The minimum atomic E-state index is 0.0499. The summed E-state index contributed by atoms with van der Waals surface area (Å²) in [5.41, 5.74) is 2.38. The van der Waals surface area contributed by atoms with E-state index in [1.807, 2.05) is 24.3 Å². The van der Waals surface area contributed by atoms with Crippen LogP contribution in [0.25, 0.3) is 0 Å². The second kappa shape index (κ2) is 11.3. The predicted molar refractivity (Wildman–Crippen MR) is 123 cm³/mol. The number of nitrogens with zero attached hydrogens (tertiary/aromatic N) is 2. The monoisotopic (exact) mass is 428 g/mol. The third-order valence-electron chi connectivity index (χ3n) is 6.18. The number of rotatable bonds is 10. The molecule has 1 fully saturated rings. The van der Waals surface area contributed by atoms with Crippen molar-refractivity contribution in [3.05, 3.63) is 47.5 Å². The summed E-state index contributed by atoms with van der Waals surface area (Å²) in [6.07, 6.45) is 3.44. The van der Waals surface area contributed by atoms with Crippen molar-refractivity contribution in [3.8, 4) is 23.0 Å². The van der Waals surface area contributed by atoms with E-state index in [4.69, 9.17) is 14.2 Å². The van der Waals surface area contributed by atoms with Crippen LogP contribution < -0.4 is 14.2 Å². The maximum atomic E-state index is 10.2. The van der Waals surface area contributed by atoms with Crippen LogP contribution in [0.3, 0.4) is 0 Å². The van der Waals surface area contributed by atoms with Crippen molar-refractivity contribution in [3.63, 3.8) is 0 Å². The fourth-order valence-electron chi connectivity index (χ4n) is 4.22. The van der Waals surface area contributed by atoms with Gasteiger partial charge in [-0.15, -0.1) is 0 Å². The molecular formula is C25H36N2O4. The molecule has 2 aromatic rings. The SMILES string of the molecule is COc1ccc(CCN(Cc2cc(OC)c(O)c(OC)c2)CC2CCN(C)CC2)cc1. The number of piperidine rings is 1. The van der Waals surface area contributed by atoms with Gasteiger partial charge in [-0.25, -0.2) is 0 Å². The molecule has 31 heavy (non-hydrogen) atoms. The first kappa shape index (κ1) is 23.2. The topological polar surface area (TPSA) is 54.4 Å². The van der Waals surface area contributed by atoms with E-state index in [9.17, 15) is 5.11 Å². The van der Waals surface area contributed by atoms with Gasteiger partial charge in [0.2, 0.25) is 5.75 Å². The Morgan fingerprint density at radius 1 is 0.935 bits per heavy atom. The summed E-state index contributed by atoms with van der Waals surface area (Å²) in [5, 5.41) is 10.2. The number of ether oxygens (including phenoxy) is 3. The van der Waals surface area contributed by atoms with Crippen LogP contribution in [0.1, 0.15) is 24.0 Å². The van der Waals surface area contributed by atoms with Crippen LogP contribution in [0.4, 0.5) is 0 Å². The average molecular weight is 429 g/mol. The van der Waals surface area contributed by atoms with E-state index in [0.29, 0.717) is 17.4 Å². The van der Waals surface area contributed by atoms with Gasteiger partial charge in [-0.2, -0.15) is 0 Å². The lowest BCUT2D eigenvalue weighted by Gasteiger charge is -2.33. The van der Waals surface area contributed by atoms with Crippen molar-refractivity contribution in [2.75, 3.05) is 54.6 Å². The van der Waals surface area contributed by atoms with Crippen LogP contribution in [0.2, 0.25) is 0 Å². The van der Waals surface area contributed by atoms with Gasteiger partial charge in [0.15, 0.2) is 11.5 Å². The highest BCUT2D eigenvalue weighted by molar-refractivity contribution is 5.52. The van der Waals surface area contributed by atoms with Gasteiger partial charge in [0.1, 0.15) is 5.75 Å².